The van der Waals surface area contributed by atoms with Crippen molar-refractivity contribution < 1.29 is 19.5 Å². The maximum absolute atomic E-state index is 12.9. The second-order valence-electron chi connectivity index (χ2n) is 8.85. The van der Waals surface area contributed by atoms with Gasteiger partial charge < -0.3 is 5.11 Å². The van der Waals surface area contributed by atoms with Gasteiger partial charge >= 0.3 is 204 Å². The van der Waals surface area contributed by atoms with Crippen molar-refractivity contribution in [1.82, 2.24) is 4.90 Å². The van der Waals surface area contributed by atoms with Gasteiger partial charge in [-0.25, -0.2) is 4.79 Å². The van der Waals surface area contributed by atoms with E-state index >= 15 is 0 Å². The first-order valence-corrected chi connectivity index (χ1v) is 15.9. The van der Waals surface area contributed by atoms with E-state index in [1.165, 1.54) is 20.4 Å². The molecule has 1 heterocycles. The van der Waals surface area contributed by atoms with Crippen LogP contribution in [0.4, 0.5) is 4.79 Å². The molecule has 1 amide bonds. The van der Waals surface area contributed by atoms with Crippen molar-refractivity contribution in [3.05, 3.63) is 83.4 Å². The van der Waals surface area contributed by atoms with Crippen LogP contribution in [0.3, 0.4) is 0 Å². The number of hydrogen-bond donors (Lipinski definition) is 1. The van der Waals surface area contributed by atoms with Gasteiger partial charge in [0.25, 0.3) is 0 Å². The molecular weight excluding hydrogens is 564 g/mol. The van der Waals surface area contributed by atoms with Crippen LogP contribution in [0, 0.1) is 13.8 Å². The molecule has 0 aliphatic carbocycles. The van der Waals surface area contributed by atoms with E-state index in [2.05, 4.69) is 26.0 Å². The number of carbonyl (C=O) groups is 3. The molecule has 1 saturated heterocycles. The number of benzene rings is 3. The average Bonchev–Trinajstić information content (AvgIpc) is 2.86. The summed E-state index contributed by atoms with van der Waals surface area (Å²) in [7, 11) is 0. The molecule has 4 rings (SSSR count). The number of hydrogen-bond acceptors (Lipinski definition) is 3. The van der Waals surface area contributed by atoms with Crippen LogP contribution >= 0.6 is 0 Å². The molecule has 0 spiro atoms. The molecule has 180 valence electrons. The first kappa shape index (κ1) is 25.5. The summed E-state index contributed by atoms with van der Waals surface area (Å²) in [4.78, 5) is 38.7. The standard InChI is InChI=1S/C28H29As2NO4/c1-18-6-5-7-19(2)25(18)30-28(35)29-23-15-13-21(14-16-23)20-9-11-22(12-10-20)26(32)31-17-4-3-8-24(31)27(33)34/h5-7,9-16,24,29-30H,3-4,8,17H2,1-2H3,(H,33,34)/t24-/m0/s1. The molecule has 0 aromatic heterocycles. The molecule has 2 unspecified atom stereocenters. The summed E-state index contributed by atoms with van der Waals surface area (Å²) < 4.78 is 2.84. The van der Waals surface area contributed by atoms with Crippen molar-refractivity contribution in [1.29, 1.82) is 0 Å². The fourth-order valence-electron chi connectivity index (χ4n) is 4.44. The average molecular weight is 593 g/mol. The Kier molecular flexibility index (Phi) is 8.31. The number of nitrogens with zero attached hydrogens (tertiary/aromatic N) is 1. The number of carboxylic acid groups (broad SMARTS) is 1. The van der Waals surface area contributed by atoms with Crippen molar-refractivity contribution in [3.8, 4) is 11.1 Å². The maximum atomic E-state index is 12.9. The Balaban J connectivity index is 1.41. The summed E-state index contributed by atoms with van der Waals surface area (Å²) in [6, 6.07) is 21.0. The molecule has 1 N–H and O–H groups in total. The third-order valence-corrected chi connectivity index (χ3v) is 13.5. The number of rotatable bonds is 7. The number of likely N-dealkylation sites (tertiary alicyclic amines) is 1. The summed E-state index contributed by atoms with van der Waals surface area (Å²) >= 11 is -1.63. The Morgan fingerprint density at radius 1 is 0.829 bits per heavy atom. The van der Waals surface area contributed by atoms with E-state index in [-0.39, 0.29) is 5.91 Å². The fourth-order valence-corrected chi connectivity index (χ4v) is 11.1. The predicted octanol–water partition coefficient (Wildman–Crippen LogP) is 2.99. The molecule has 0 saturated carbocycles. The van der Waals surface area contributed by atoms with E-state index in [9.17, 15) is 19.5 Å². The van der Waals surface area contributed by atoms with Crippen LogP contribution in [-0.2, 0) is 4.79 Å². The van der Waals surface area contributed by atoms with Crippen LogP contribution in [-0.4, -0.2) is 69.3 Å². The number of amides is 1. The van der Waals surface area contributed by atoms with Crippen LogP contribution in [0.2, 0.25) is 0 Å². The Morgan fingerprint density at radius 3 is 2.03 bits per heavy atom. The van der Waals surface area contributed by atoms with Gasteiger partial charge in [0.15, 0.2) is 0 Å². The molecule has 1 aliphatic heterocycles. The quantitative estimate of drug-likeness (QED) is 0.428. The molecule has 3 aromatic carbocycles. The number of aliphatic carboxylic acids is 1. The van der Waals surface area contributed by atoms with Gasteiger partial charge in [0.2, 0.25) is 0 Å². The first-order valence-electron chi connectivity index (χ1n) is 11.7. The van der Waals surface area contributed by atoms with E-state index in [0.717, 1.165) is 28.3 Å². The molecule has 0 bridgehead atoms. The Labute approximate surface area is 219 Å². The van der Waals surface area contributed by atoms with Crippen LogP contribution < -0.4 is 8.70 Å². The van der Waals surface area contributed by atoms with Crippen molar-refractivity contribution in [3.63, 3.8) is 0 Å². The van der Waals surface area contributed by atoms with Gasteiger partial charge in [0, 0.05) is 0 Å². The van der Waals surface area contributed by atoms with Gasteiger partial charge in [0.05, 0.1) is 0 Å². The molecule has 5 nitrogen and oxygen atoms in total. The zero-order valence-corrected chi connectivity index (χ0v) is 24.1. The number of carboxylic acids is 1. The molecule has 3 atom stereocenters. The Hall–Kier alpha value is -2.61. The zero-order valence-electron chi connectivity index (χ0n) is 19.9. The van der Waals surface area contributed by atoms with E-state index in [0.29, 0.717) is 21.9 Å². The van der Waals surface area contributed by atoms with Gasteiger partial charge in [-0.2, -0.15) is 0 Å². The summed E-state index contributed by atoms with van der Waals surface area (Å²) in [6.45, 7) is 4.65. The van der Waals surface area contributed by atoms with E-state index in [4.69, 9.17) is 0 Å². The van der Waals surface area contributed by atoms with Gasteiger partial charge in [-0.15, -0.1) is 0 Å². The molecule has 7 heteroatoms. The second-order valence-corrected chi connectivity index (χ2v) is 16.3. The van der Waals surface area contributed by atoms with E-state index in [1.807, 2.05) is 42.5 Å². The predicted molar refractivity (Wildman–Crippen MR) is 143 cm³/mol. The molecule has 0 radical (unpaired) electrons. The number of piperidine rings is 1. The summed E-state index contributed by atoms with van der Waals surface area (Å²) in [5, 5.41) is 9.46. The van der Waals surface area contributed by atoms with Crippen LogP contribution in [0.25, 0.3) is 11.1 Å². The Morgan fingerprint density at radius 2 is 1.43 bits per heavy atom. The van der Waals surface area contributed by atoms with E-state index < -0.39 is 43.5 Å². The molecule has 1 fully saturated rings. The number of aryl methyl sites for hydroxylation is 2. The minimum atomic E-state index is -0.937. The monoisotopic (exact) mass is 593 g/mol. The summed E-state index contributed by atoms with van der Waals surface area (Å²) in [5.41, 5.74) is 4.96. The minimum absolute atomic E-state index is 0.226. The SMILES string of the molecule is Cc1cccc(C)c1[AsH]C(=O)[AsH]c1ccc(-c2ccc(C(=O)N3CCCC[C@H]3C(=O)O)cc2)cc1. The van der Waals surface area contributed by atoms with Crippen molar-refractivity contribution in [2.75, 3.05) is 6.54 Å². The summed E-state index contributed by atoms with van der Waals surface area (Å²) in [5.74, 6) is -1.16. The van der Waals surface area contributed by atoms with Gasteiger partial charge in [-0.05, 0) is 6.42 Å². The van der Waals surface area contributed by atoms with Gasteiger partial charge in [-0.3, -0.25) is 0 Å². The van der Waals surface area contributed by atoms with Crippen molar-refractivity contribution >= 4 is 55.4 Å². The first-order chi connectivity index (χ1) is 16.8. The van der Waals surface area contributed by atoms with Gasteiger partial charge in [0.1, 0.15) is 0 Å². The van der Waals surface area contributed by atoms with Crippen molar-refractivity contribution in [2.45, 2.75) is 39.2 Å². The van der Waals surface area contributed by atoms with E-state index in [1.54, 1.807) is 12.1 Å². The summed E-state index contributed by atoms with van der Waals surface area (Å²) in [6.07, 6.45) is 2.17. The van der Waals surface area contributed by atoms with Crippen LogP contribution in [0.1, 0.15) is 40.7 Å². The van der Waals surface area contributed by atoms with Crippen LogP contribution in [0.15, 0.2) is 66.7 Å². The number of carbonyl (C=O) groups excluding carboxylic acids is 2. The second kappa shape index (κ2) is 11.4. The molecule has 35 heavy (non-hydrogen) atoms. The molecule has 1 aliphatic rings. The molecular formula is C28H29As2NO4. The van der Waals surface area contributed by atoms with Crippen molar-refractivity contribution in [2.24, 2.45) is 0 Å². The van der Waals surface area contributed by atoms with Gasteiger partial charge in [-0.1, -0.05) is 0 Å². The van der Waals surface area contributed by atoms with Crippen LogP contribution in [0.5, 0.6) is 0 Å². The molecule has 3 aromatic rings. The normalized spacial score (nSPS) is 16.3. The topological polar surface area (TPSA) is 74.7 Å². The zero-order chi connectivity index (χ0) is 24.9. The third kappa shape index (κ3) is 6.15. The fraction of sp³-hybridized carbons (Fsp3) is 0.250. The Bertz CT molecular complexity index is 1220. The third-order valence-electron chi connectivity index (χ3n) is 6.38.